The van der Waals surface area contributed by atoms with Crippen LogP contribution in [0.15, 0.2) is 53.7 Å². The van der Waals surface area contributed by atoms with Crippen molar-refractivity contribution < 1.29 is 9.18 Å². The maximum absolute atomic E-state index is 13.5. The topological polar surface area (TPSA) is 72.7 Å². The molecule has 0 fully saturated rings. The van der Waals surface area contributed by atoms with Crippen LogP contribution in [0.4, 0.5) is 4.39 Å². The summed E-state index contributed by atoms with van der Waals surface area (Å²) in [5.74, 6) is -0.411. The summed E-state index contributed by atoms with van der Waals surface area (Å²) >= 11 is 1.22. The minimum Gasteiger partial charge on any atom is -0.351 e. The van der Waals surface area contributed by atoms with E-state index in [4.69, 9.17) is 0 Å². The molecule has 0 saturated carbocycles. The van der Waals surface area contributed by atoms with E-state index in [1.54, 1.807) is 22.9 Å². The quantitative estimate of drug-likeness (QED) is 0.686. The van der Waals surface area contributed by atoms with Crippen LogP contribution in [0, 0.1) is 12.7 Å². The molecule has 6 nitrogen and oxygen atoms in total. The van der Waals surface area contributed by atoms with Crippen LogP contribution in [-0.2, 0) is 11.3 Å². The largest absolute Gasteiger partial charge is 0.351 e. The predicted molar refractivity (Wildman–Crippen MR) is 92.9 cm³/mol. The number of benzene rings is 2. The molecule has 0 bridgehead atoms. The number of aromatic nitrogens is 4. The van der Waals surface area contributed by atoms with Gasteiger partial charge in [-0.05, 0) is 41.1 Å². The van der Waals surface area contributed by atoms with Gasteiger partial charge in [0.05, 0.1) is 11.4 Å². The fraction of sp³-hybridized carbons (Fsp3) is 0.176. The highest BCUT2D eigenvalue weighted by molar-refractivity contribution is 7.99. The molecule has 1 amide bonds. The lowest BCUT2D eigenvalue weighted by molar-refractivity contribution is -0.118. The highest BCUT2D eigenvalue weighted by atomic mass is 32.2. The lowest BCUT2D eigenvalue weighted by atomic mass is 10.2. The summed E-state index contributed by atoms with van der Waals surface area (Å²) in [6, 6.07) is 14.1. The summed E-state index contributed by atoms with van der Waals surface area (Å²) in [5, 5.41) is 14.8. The Morgan fingerprint density at radius 2 is 2.08 bits per heavy atom. The predicted octanol–water partition coefficient (Wildman–Crippen LogP) is 2.52. The van der Waals surface area contributed by atoms with E-state index < -0.39 is 0 Å². The molecule has 128 valence electrons. The molecule has 0 saturated heterocycles. The first-order valence-electron chi connectivity index (χ1n) is 7.62. The Kier molecular flexibility index (Phi) is 5.39. The van der Waals surface area contributed by atoms with Gasteiger partial charge in [-0.3, -0.25) is 4.79 Å². The van der Waals surface area contributed by atoms with E-state index in [0.717, 1.165) is 11.3 Å². The lowest BCUT2D eigenvalue weighted by Gasteiger charge is -2.07. The van der Waals surface area contributed by atoms with Crippen molar-refractivity contribution in [3.8, 4) is 5.69 Å². The summed E-state index contributed by atoms with van der Waals surface area (Å²) < 4.78 is 15.1. The second-order valence-corrected chi connectivity index (χ2v) is 6.31. The Labute approximate surface area is 148 Å². The maximum Gasteiger partial charge on any atom is 0.230 e. The summed E-state index contributed by atoms with van der Waals surface area (Å²) in [4.78, 5) is 12.0. The Balaban J connectivity index is 1.58. The highest BCUT2D eigenvalue weighted by Crippen LogP contribution is 2.18. The molecular weight excluding hydrogens is 341 g/mol. The average molecular weight is 357 g/mol. The molecule has 2 aromatic carbocycles. The fourth-order valence-corrected chi connectivity index (χ4v) is 2.93. The van der Waals surface area contributed by atoms with Crippen LogP contribution in [0.2, 0.25) is 0 Å². The molecule has 0 radical (unpaired) electrons. The van der Waals surface area contributed by atoms with E-state index in [2.05, 4.69) is 20.8 Å². The smallest absolute Gasteiger partial charge is 0.230 e. The van der Waals surface area contributed by atoms with Gasteiger partial charge in [-0.15, -0.1) is 5.10 Å². The van der Waals surface area contributed by atoms with Crippen molar-refractivity contribution in [2.45, 2.75) is 18.6 Å². The summed E-state index contributed by atoms with van der Waals surface area (Å²) in [7, 11) is 0. The zero-order chi connectivity index (χ0) is 17.6. The van der Waals surface area contributed by atoms with Crippen molar-refractivity contribution in [2.75, 3.05) is 5.75 Å². The summed E-state index contributed by atoms with van der Waals surface area (Å²) in [6.45, 7) is 2.13. The number of hydrogen-bond donors (Lipinski definition) is 1. The molecule has 0 atom stereocenters. The van der Waals surface area contributed by atoms with Gasteiger partial charge in [0, 0.05) is 12.1 Å². The molecule has 1 N–H and O–H groups in total. The van der Waals surface area contributed by atoms with Gasteiger partial charge in [0.1, 0.15) is 5.82 Å². The number of thioether (sulfide) groups is 1. The second kappa shape index (κ2) is 7.89. The van der Waals surface area contributed by atoms with E-state index in [9.17, 15) is 9.18 Å². The van der Waals surface area contributed by atoms with Gasteiger partial charge in [0.15, 0.2) is 0 Å². The number of aryl methyl sites for hydroxylation is 1. The first-order valence-corrected chi connectivity index (χ1v) is 8.60. The molecule has 25 heavy (non-hydrogen) atoms. The van der Waals surface area contributed by atoms with Gasteiger partial charge >= 0.3 is 0 Å². The lowest BCUT2D eigenvalue weighted by Crippen LogP contribution is -2.25. The average Bonchev–Trinajstić information content (AvgIpc) is 3.08. The molecular formula is C17H16FN5OS. The van der Waals surface area contributed by atoms with Crippen LogP contribution in [-0.4, -0.2) is 31.9 Å². The van der Waals surface area contributed by atoms with E-state index in [1.165, 1.54) is 17.8 Å². The molecule has 8 heteroatoms. The summed E-state index contributed by atoms with van der Waals surface area (Å²) in [6.07, 6.45) is 0. The van der Waals surface area contributed by atoms with Crippen molar-refractivity contribution in [1.29, 1.82) is 0 Å². The number of carbonyl (C=O) groups is 1. The van der Waals surface area contributed by atoms with Crippen LogP contribution < -0.4 is 5.32 Å². The third-order valence-electron chi connectivity index (χ3n) is 3.45. The molecule has 0 unspecified atom stereocenters. The third-order valence-corrected chi connectivity index (χ3v) is 4.37. The first-order chi connectivity index (χ1) is 12.1. The number of amides is 1. The number of hydrogen-bond acceptors (Lipinski definition) is 5. The zero-order valence-corrected chi connectivity index (χ0v) is 14.3. The molecule has 3 rings (SSSR count). The van der Waals surface area contributed by atoms with Crippen molar-refractivity contribution in [3.63, 3.8) is 0 Å². The van der Waals surface area contributed by atoms with E-state index >= 15 is 0 Å². The molecule has 1 heterocycles. The van der Waals surface area contributed by atoms with Crippen LogP contribution in [0.3, 0.4) is 0 Å². The Bertz CT molecular complexity index is 883. The van der Waals surface area contributed by atoms with Crippen molar-refractivity contribution in [2.24, 2.45) is 0 Å². The second-order valence-electron chi connectivity index (χ2n) is 5.37. The van der Waals surface area contributed by atoms with Crippen molar-refractivity contribution in [1.82, 2.24) is 25.5 Å². The number of carbonyl (C=O) groups excluding carboxylic acids is 1. The molecule has 0 aliphatic rings. The summed E-state index contributed by atoms with van der Waals surface area (Å²) in [5.41, 5.74) is 2.37. The Morgan fingerprint density at radius 3 is 2.88 bits per heavy atom. The zero-order valence-electron chi connectivity index (χ0n) is 13.5. The SMILES string of the molecule is Cc1cccc(-n2nnnc2SCC(=O)NCc2ccccc2F)c1. The number of halogens is 1. The van der Waals surface area contributed by atoms with Gasteiger partial charge in [-0.25, -0.2) is 4.39 Å². The fourth-order valence-electron chi connectivity index (χ4n) is 2.21. The maximum atomic E-state index is 13.5. The third kappa shape index (κ3) is 4.42. The monoisotopic (exact) mass is 357 g/mol. The minimum atomic E-state index is -0.334. The van der Waals surface area contributed by atoms with Gasteiger partial charge in [-0.1, -0.05) is 42.1 Å². The van der Waals surface area contributed by atoms with E-state index in [0.29, 0.717) is 10.7 Å². The highest BCUT2D eigenvalue weighted by Gasteiger charge is 2.12. The standard InChI is InChI=1S/C17H16FN5OS/c1-12-5-4-7-14(9-12)23-17(20-21-22-23)25-11-16(24)19-10-13-6-2-3-8-15(13)18/h2-9H,10-11H2,1H3,(H,19,24). The van der Waals surface area contributed by atoms with Crippen molar-refractivity contribution in [3.05, 3.63) is 65.5 Å². The number of nitrogens with zero attached hydrogens (tertiary/aromatic N) is 4. The number of nitrogens with one attached hydrogen (secondary N) is 1. The number of rotatable bonds is 6. The van der Waals surface area contributed by atoms with Gasteiger partial charge in [-0.2, -0.15) is 4.68 Å². The molecule has 3 aromatic rings. The van der Waals surface area contributed by atoms with Crippen LogP contribution in [0.1, 0.15) is 11.1 Å². The Morgan fingerprint density at radius 1 is 1.24 bits per heavy atom. The minimum absolute atomic E-state index is 0.140. The molecule has 0 spiro atoms. The van der Waals surface area contributed by atoms with E-state index in [-0.39, 0.29) is 24.0 Å². The van der Waals surface area contributed by atoms with Crippen LogP contribution in [0.5, 0.6) is 0 Å². The van der Waals surface area contributed by atoms with Crippen molar-refractivity contribution >= 4 is 17.7 Å². The normalized spacial score (nSPS) is 10.6. The number of tetrazole rings is 1. The molecule has 0 aliphatic carbocycles. The van der Waals surface area contributed by atoms with E-state index in [1.807, 2.05) is 31.2 Å². The van der Waals surface area contributed by atoms with Gasteiger partial charge < -0.3 is 5.32 Å². The van der Waals surface area contributed by atoms with Gasteiger partial charge in [0.25, 0.3) is 0 Å². The van der Waals surface area contributed by atoms with Gasteiger partial charge in [0.2, 0.25) is 11.1 Å². The van der Waals surface area contributed by atoms with Crippen LogP contribution in [0.25, 0.3) is 5.69 Å². The first kappa shape index (κ1) is 17.1. The molecule has 0 aliphatic heterocycles. The molecule has 1 aromatic heterocycles. The Hall–Kier alpha value is -2.74. The van der Waals surface area contributed by atoms with Crippen LogP contribution >= 0.6 is 11.8 Å².